The van der Waals surface area contributed by atoms with Gasteiger partial charge in [-0.2, -0.15) is 0 Å². The van der Waals surface area contributed by atoms with Crippen LogP contribution in [0.15, 0.2) is 71.4 Å². The third-order valence-corrected chi connectivity index (χ3v) is 5.05. The number of carbonyl (C=O) groups excluding carboxylic acids is 1. The molecule has 1 amide bonds. The van der Waals surface area contributed by atoms with Crippen molar-refractivity contribution in [3.63, 3.8) is 0 Å². The van der Waals surface area contributed by atoms with Crippen molar-refractivity contribution in [2.75, 3.05) is 12.4 Å². The minimum atomic E-state index is -0.129. The van der Waals surface area contributed by atoms with E-state index in [1.165, 1.54) is 12.8 Å². The van der Waals surface area contributed by atoms with Crippen LogP contribution in [-0.4, -0.2) is 29.5 Å². The molecule has 5 nitrogen and oxygen atoms in total. The molecule has 1 aliphatic carbocycles. The summed E-state index contributed by atoms with van der Waals surface area (Å²) in [5, 5.41) is 6.16. The monoisotopic (exact) mass is 440 g/mol. The Hall–Kier alpha value is -1.70. The van der Waals surface area contributed by atoms with Crippen molar-refractivity contribution < 1.29 is 60.8 Å². The maximum absolute atomic E-state index is 12.6. The standard InChI is InChI=1S/C25H29N4O.K/c1-5-20(10-9-18(2)21-11-12-21)25(30)28-23-8-6-7-22(15-23)19(3)26-13-14-27-24-16-29(4)17-24;/h5-10,14-17,19,21,26H,2,11-12H2,1,3-4H3,(H,28,30);/q-1;+1/b10-9-,20-5+;. The zero-order valence-corrected chi connectivity index (χ0v) is 22.0. The molecule has 1 heterocycles. The molecule has 2 N–H and O–H groups in total. The molecule has 1 unspecified atom stereocenters. The molecule has 1 fully saturated rings. The number of amides is 1. The Morgan fingerprint density at radius 3 is 2.77 bits per heavy atom. The minimum absolute atomic E-state index is 0. The number of nitrogens with one attached hydrogen (secondary N) is 2. The zero-order chi connectivity index (χ0) is 21.5. The van der Waals surface area contributed by atoms with Gasteiger partial charge in [0.15, 0.2) is 0 Å². The Labute approximate surface area is 228 Å². The number of anilines is 1. The van der Waals surface area contributed by atoms with Crippen LogP contribution in [0, 0.1) is 18.7 Å². The molecule has 1 aromatic carbocycles. The topological polar surface area (TPSA) is 56.5 Å². The predicted molar refractivity (Wildman–Crippen MR) is 123 cm³/mol. The number of rotatable bonds is 9. The fraction of sp³-hybridized carbons (Fsp3) is 0.280. The SMILES string of the molecule is C=C(/C=C\C(=C/C)C(=O)Nc1cccc(C(C)N[C-]=CN=C2C=[N+](C)[CH-]2)c1)C1CC1.[K+]. The van der Waals surface area contributed by atoms with Crippen molar-refractivity contribution in [2.45, 2.75) is 32.7 Å². The molecule has 3 rings (SSSR count). The molecule has 1 saturated carbocycles. The van der Waals surface area contributed by atoms with Gasteiger partial charge >= 0.3 is 51.4 Å². The maximum Gasteiger partial charge on any atom is 1.00 e. The van der Waals surface area contributed by atoms with Gasteiger partial charge in [0, 0.05) is 17.3 Å². The van der Waals surface area contributed by atoms with Gasteiger partial charge in [0.2, 0.25) is 0 Å². The summed E-state index contributed by atoms with van der Waals surface area (Å²) < 4.78 is 1.95. The summed E-state index contributed by atoms with van der Waals surface area (Å²) in [6.07, 6.45) is 14.6. The second kappa shape index (κ2) is 12.4. The van der Waals surface area contributed by atoms with E-state index in [4.69, 9.17) is 0 Å². The maximum atomic E-state index is 12.6. The number of benzene rings is 1. The second-order valence-electron chi connectivity index (χ2n) is 7.62. The summed E-state index contributed by atoms with van der Waals surface area (Å²) in [6.45, 7) is 9.91. The molecule has 6 heteroatoms. The molecule has 156 valence electrons. The number of carbonyl (C=O) groups is 1. The summed E-state index contributed by atoms with van der Waals surface area (Å²) in [7, 11) is 1.96. The fourth-order valence-electron chi connectivity index (χ4n) is 3.00. The van der Waals surface area contributed by atoms with E-state index in [9.17, 15) is 4.79 Å². The van der Waals surface area contributed by atoms with Crippen molar-refractivity contribution in [1.82, 2.24) is 5.32 Å². The van der Waals surface area contributed by atoms with E-state index in [2.05, 4.69) is 28.4 Å². The Morgan fingerprint density at radius 2 is 2.13 bits per heavy atom. The van der Waals surface area contributed by atoms with Gasteiger partial charge in [-0.05, 0) is 56.4 Å². The smallest absolute Gasteiger partial charge is 0.560 e. The van der Waals surface area contributed by atoms with Gasteiger partial charge in [0.25, 0.3) is 5.91 Å². The van der Waals surface area contributed by atoms with Crippen LogP contribution in [-0.2, 0) is 4.79 Å². The van der Waals surface area contributed by atoms with Crippen LogP contribution in [0.3, 0.4) is 0 Å². The van der Waals surface area contributed by atoms with E-state index in [-0.39, 0.29) is 63.3 Å². The Balaban J connectivity index is 0.00000341. The fourth-order valence-corrected chi connectivity index (χ4v) is 3.00. The molecule has 1 atom stereocenters. The molecular weight excluding hydrogens is 411 g/mol. The zero-order valence-electron chi connectivity index (χ0n) is 18.9. The van der Waals surface area contributed by atoms with Gasteiger partial charge < -0.3 is 26.4 Å². The predicted octanol–water partition coefficient (Wildman–Crippen LogP) is 1.35. The number of hydrogen-bond acceptors (Lipinski definition) is 3. The average Bonchev–Trinajstić information content (AvgIpc) is 3.55. The molecule has 0 radical (unpaired) electrons. The molecule has 0 bridgehead atoms. The summed E-state index contributed by atoms with van der Waals surface area (Å²) in [5.74, 6) is 0.465. The van der Waals surface area contributed by atoms with Crippen molar-refractivity contribution in [1.29, 1.82) is 0 Å². The summed E-state index contributed by atoms with van der Waals surface area (Å²) >= 11 is 0. The number of hydrogen-bond donors (Lipinski definition) is 2. The first kappa shape index (κ1) is 25.6. The normalized spacial score (nSPS) is 18.1. The molecule has 0 aromatic heterocycles. The number of nitrogens with zero attached hydrogens (tertiary/aromatic N) is 2. The third-order valence-electron chi connectivity index (χ3n) is 5.05. The van der Waals surface area contributed by atoms with Crippen molar-refractivity contribution in [3.05, 3.63) is 84.7 Å². The average molecular weight is 441 g/mol. The van der Waals surface area contributed by atoms with E-state index < -0.39 is 0 Å². The second-order valence-corrected chi connectivity index (χ2v) is 7.62. The molecule has 31 heavy (non-hydrogen) atoms. The van der Waals surface area contributed by atoms with Gasteiger partial charge in [0.1, 0.15) is 7.05 Å². The largest absolute Gasteiger partial charge is 1.00 e. The van der Waals surface area contributed by atoms with Crippen LogP contribution in [0.25, 0.3) is 0 Å². The molecule has 1 aliphatic heterocycles. The van der Waals surface area contributed by atoms with E-state index in [1.807, 2.05) is 80.7 Å². The van der Waals surface area contributed by atoms with E-state index in [0.29, 0.717) is 11.5 Å². The van der Waals surface area contributed by atoms with Crippen LogP contribution in [0.5, 0.6) is 0 Å². The summed E-state index contributed by atoms with van der Waals surface area (Å²) in [5.41, 5.74) is 4.43. The molecule has 0 spiro atoms. The van der Waals surface area contributed by atoms with Crippen LogP contribution < -0.4 is 62.0 Å². The number of allylic oxidation sites excluding steroid dienone is 3. The molecule has 2 aliphatic rings. The first-order chi connectivity index (χ1) is 14.5. The first-order valence-corrected chi connectivity index (χ1v) is 10.2. The third kappa shape index (κ3) is 8.05. The van der Waals surface area contributed by atoms with E-state index in [0.717, 1.165) is 22.5 Å². The van der Waals surface area contributed by atoms with Crippen molar-refractivity contribution in [2.24, 2.45) is 10.9 Å². The van der Waals surface area contributed by atoms with Gasteiger partial charge in [0.05, 0.1) is 18.5 Å². The number of aliphatic imine (C=N–C) groups is 1. The quantitative estimate of drug-likeness (QED) is 0.152. The van der Waals surface area contributed by atoms with Crippen molar-refractivity contribution >= 4 is 23.5 Å². The van der Waals surface area contributed by atoms with Crippen LogP contribution in [0.4, 0.5) is 5.69 Å². The molecule has 1 aromatic rings. The van der Waals surface area contributed by atoms with Crippen LogP contribution in [0.1, 0.15) is 38.3 Å². The Kier molecular flexibility index (Phi) is 10.2. The van der Waals surface area contributed by atoms with E-state index in [1.54, 1.807) is 6.20 Å². The van der Waals surface area contributed by atoms with Gasteiger partial charge in [-0.3, -0.25) is 4.79 Å². The van der Waals surface area contributed by atoms with Crippen molar-refractivity contribution in [3.8, 4) is 0 Å². The molecule has 0 saturated heterocycles. The minimum Gasteiger partial charge on any atom is -0.560 e. The van der Waals surface area contributed by atoms with Crippen LogP contribution >= 0.6 is 0 Å². The summed E-state index contributed by atoms with van der Waals surface area (Å²) in [6, 6.07) is 7.82. The van der Waals surface area contributed by atoms with Gasteiger partial charge in [-0.15, -0.1) is 6.20 Å². The van der Waals surface area contributed by atoms with Gasteiger partial charge in [-0.1, -0.05) is 36.4 Å². The molecular formula is C25H29KN4O. The van der Waals surface area contributed by atoms with E-state index >= 15 is 0 Å². The van der Waals surface area contributed by atoms with Crippen LogP contribution in [0.2, 0.25) is 0 Å². The summed E-state index contributed by atoms with van der Waals surface area (Å²) in [4.78, 5) is 16.9. The van der Waals surface area contributed by atoms with Gasteiger partial charge in [-0.25, -0.2) is 0 Å². The Bertz CT molecular complexity index is 967. The first-order valence-electron chi connectivity index (χ1n) is 10.2. The Morgan fingerprint density at radius 1 is 1.39 bits per heavy atom.